The van der Waals surface area contributed by atoms with Gasteiger partial charge in [-0.05, 0) is 24.5 Å². The van der Waals surface area contributed by atoms with E-state index in [-0.39, 0.29) is 0 Å². The predicted octanol–water partition coefficient (Wildman–Crippen LogP) is 1.01. The maximum absolute atomic E-state index is 10.2. The maximum Gasteiger partial charge on any atom is 0.146 e. The molecule has 1 N–H and O–H groups in total. The van der Waals surface area contributed by atoms with Crippen LogP contribution in [-0.4, -0.2) is 13.3 Å². The smallest absolute Gasteiger partial charge is 0.146 e. The number of nitrogens with one attached hydrogen (secondary N) is 1. The fraction of sp³-hybridized carbons (Fsp3) is 0.375. The standard InChI is InChI=1S/C8H11NO/c1-9-8-4-2-7(6-10)3-5-8/h2,4,6,9H,3,5H2,1H3. The average molecular weight is 137 g/mol. The molecule has 1 aliphatic rings. The first-order chi connectivity index (χ1) is 4.86. The van der Waals surface area contributed by atoms with Gasteiger partial charge >= 0.3 is 0 Å². The Hall–Kier alpha value is -1.05. The second-order valence-corrected chi connectivity index (χ2v) is 2.30. The third kappa shape index (κ3) is 1.47. The summed E-state index contributed by atoms with van der Waals surface area (Å²) in [6.07, 6.45) is 6.57. The Labute approximate surface area is 60.6 Å². The van der Waals surface area contributed by atoms with Crippen LogP contribution in [0.1, 0.15) is 12.8 Å². The lowest BCUT2D eigenvalue weighted by atomic mass is 10.0. The van der Waals surface area contributed by atoms with Gasteiger partial charge in [-0.25, -0.2) is 0 Å². The second-order valence-electron chi connectivity index (χ2n) is 2.30. The molecule has 0 amide bonds. The molecule has 0 bridgehead atoms. The SMILES string of the molecule is CNC1=CC=C(C=O)CC1. The summed E-state index contributed by atoms with van der Waals surface area (Å²) in [6.45, 7) is 0. The first-order valence-corrected chi connectivity index (χ1v) is 3.39. The Bertz CT molecular complexity index is 191. The molecule has 0 saturated carbocycles. The van der Waals surface area contributed by atoms with Crippen molar-refractivity contribution in [1.82, 2.24) is 5.32 Å². The summed E-state index contributed by atoms with van der Waals surface area (Å²) < 4.78 is 0. The Balaban J connectivity index is 2.64. The highest BCUT2D eigenvalue weighted by Gasteiger charge is 2.02. The molecule has 0 aromatic carbocycles. The fourth-order valence-corrected chi connectivity index (χ4v) is 0.960. The third-order valence-electron chi connectivity index (χ3n) is 1.65. The molecule has 0 atom stereocenters. The number of aldehydes is 1. The molecule has 0 aromatic heterocycles. The zero-order valence-electron chi connectivity index (χ0n) is 6.05. The first-order valence-electron chi connectivity index (χ1n) is 3.39. The Kier molecular flexibility index (Phi) is 2.26. The molecule has 10 heavy (non-hydrogen) atoms. The van der Waals surface area contributed by atoms with E-state index in [1.165, 1.54) is 5.70 Å². The van der Waals surface area contributed by atoms with Crippen molar-refractivity contribution in [3.8, 4) is 0 Å². The minimum Gasteiger partial charge on any atom is -0.391 e. The van der Waals surface area contributed by atoms with Crippen LogP contribution in [0.4, 0.5) is 0 Å². The van der Waals surface area contributed by atoms with Crippen LogP contribution >= 0.6 is 0 Å². The van der Waals surface area contributed by atoms with Crippen LogP contribution in [0.3, 0.4) is 0 Å². The summed E-state index contributed by atoms with van der Waals surface area (Å²) in [5.41, 5.74) is 2.09. The zero-order chi connectivity index (χ0) is 7.40. The summed E-state index contributed by atoms with van der Waals surface area (Å²) >= 11 is 0. The summed E-state index contributed by atoms with van der Waals surface area (Å²) in [6, 6.07) is 0. The minimum absolute atomic E-state index is 0.871. The van der Waals surface area contributed by atoms with E-state index in [1.807, 2.05) is 19.2 Å². The quantitative estimate of drug-likeness (QED) is 0.575. The Morgan fingerprint density at radius 1 is 1.50 bits per heavy atom. The van der Waals surface area contributed by atoms with Crippen molar-refractivity contribution in [2.24, 2.45) is 0 Å². The highest BCUT2D eigenvalue weighted by molar-refractivity contribution is 5.74. The molecule has 0 unspecified atom stereocenters. The van der Waals surface area contributed by atoms with Crippen molar-refractivity contribution in [3.63, 3.8) is 0 Å². The van der Waals surface area contributed by atoms with Crippen molar-refractivity contribution in [2.45, 2.75) is 12.8 Å². The third-order valence-corrected chi connectivity index (χ3v) is 1.65. The van der Waals surface area contributed by atoms with Crippen LogP contribution in [0.25, 0.3) is 0 Å². The van der Waals surface area contributed by atoms with E-state index >= 15 is 0 Å². The van der Waals surface area contributed by atoms with E-state index in [9.17, 15) is 4.79 Å². The average Bonchev–Trinajstić information content (AvgIpc) is 2.05. The zero-order valence-corrected chi connectivity index (χ0v) is 6.05. The first kappa shape index (κ1) is 7.06. The van der Waals surface area contributed by atoms with Crippen molar-refractivity contribution in [3.05, 3.63) is 23.4 Å². The largest absolute Gasteiger partial charge is 0.391 e. The lowest BCUT2D eigenvalue weighted by molar-refractivity contribution is -0.105. The van der Waals surface area contributed by atoms with Gasteiger partial charge in [0.2, 0.25) is 0 Å². The van der Waals surface area contributed by atoms with E-state index in [2.05, 4.69) is 5.32 Å². The van der Waals surface area contributed by atoms with E-state index in [0.717, 1.165) is 24.7 Å². The van der Waals surface area contributed by atoms with Crippen LogP contribution in [0.2, 0.25) is 0 Å². The molecule has 54 valence electrons. The van der Waals surface area contributed by atoms with Crippen LogP contribution in [0.5, 0.6) is 0 Å². The number of rotatable bonds is 2. The molecule has 0 radical (unpaired) electrons. The van der Waals surface area contributed by atoms with Crippen LogP contribution in [-0.2, 0) is 4.79 Å². The van der Waals surface area contributed by atoms with Gasteiger partial charge in [0.05, 0.1) is 0 Å². The van der Waals surface area contributed by atoms with Crippen LogP contribution in [0, 0.1) is 0 Å². The van der Waals surface area contributed by atoms with Gasteiger partial charge in [-0.2, -0.15) is 0 Å². The molecular formula is C8H11NO. The molecule has 0 spiro atoms. The van der Waals surface area contributed by atoms with Gasteiger partial charge in [0.25, 0.3) is 0 Å². The number of carbonyl (C=O) groups excluding carboxylic acids is 1. The second kappa shape index (κ2) is 3.20. The number of carbonyl (C=O) groups is 1. The van der Waals surface area contributed by atoms with Gasteiger partial charge in [-0.15, -0.1) is 0 Å². The molecule has 1 aliphatic carbocycles. The molecule has 2 nitrogen and oxygen atoms in total. The van der Waals surface area contributed by atoms with Crippen molar-refractivity contribution in [1.29, 1.82) is 0 Å². The molecule has 0 fully saturated rings. The molecule has 2 heteroatoms. The monoisotopic (exact) mass is 137 g/mol. The van der Waals surface area contributed by atoms with Gasteiger partial charge in [-0.1, -0.05) is 6.08 Å². The summed E-state index contributed by atoms with van der Waals surface area (Å²) in [4.78, 5) is 10.2. The normalized spacial score (nSPS) is 17.3. The fourth-order valence-electron chi connectivity index (χ4n) is 0.960. The summed E-state index contributed by atoms with van der Waals surface area (Å²) in [5, 5.41) is 3.05. The number of allylic oxidation sites excluding steroid dienone is 4. The van der Waals surface area contributed by atoms with Crippen LogP contribution < -0.4 is 5.32 Å². The summed E-state index contributed by atoms with van der Waals surface area (Å²) in [5.74, 6) is 0. The Morgan fingerprint density at radius 3 is 2.70 bits per heavy atom. The van der Waals surface area contributed by atoms with Gasteiger partial charge in [-0.3, -0.25) is 4.79 Å². The van der Waals surface area contributed by atoms with Gasteiger partial charge in [0, 0.05) is 12.7 Å². The predicted molar refractivity (Wildman–Crippen MR) is 40.5 cm³/mol. The molecular weight excluding hydrogens is 126 g/mol. The molecule has 0 aliphatic heterocycles. The van der Waals surface area contributed by atoms with Gasteiger partial charge in [0.15, 0.2) is 0 Å². The van der Waals surface area contributed by atoms with E-state index < -0.39 is 0 Å². The van der Waals surface area contributed by atoms with Gasteiger partial charge in [0.1, 0.15) is 6.29 Å². The summed E-state index contributed by atoms with van der Waals surface area (Å²) in [7, 11) is 1.89. The highest BCUT2D eigenvalue weighted by Crippen LogP contribution is 2.13. The molecule has 1 rings (SSSR count). The van der Waals surface area contributed by atoms with Gasteiger partial charge < -0.3 is 5.32 Å². The minimum atomic E-state index is 0.871. The molecule has 0 aromatic rings. The molecule has 0 heterocycles. The van der Waals surface area contributed by atoms with Crippen molar-refractivity contribution < 1.29 is 4.79 Å². The highest BCUT2D eigenvalue weighted by atomic mass is 16.1. The molecule has 0 saturated heterocycles. The van der Waals surface area contributed by atoms with E-state index in [0.29, 0.717) is 0 Å². The van der Waals surface area contributed by atoms with Crippen LogP contribution in [0.15, 0.2) is 23.4 Å². The lowest BCUT2D eigenvalue weighted by Crippen LogP contribution is -2.08. The van der Waals surface area contributed by atoms with Crippen molar-refractivity contribution in [2.75, 3.05) is 7.05 Å². The topological polar surface area (TPSA) is 29.1 Å². The van der Waals surface area contributed by atoms with Crippen molar-refractivity contribution >= 4 is 6.29 Å². The van der Waals surface area contributed by atoms with E-state index in [4.69, 9.17) is 0 Å². The lowest BCUT2D eigenvalue weighted by Gasteiger charge is -2.09. The maximum atomic E-state index is 10.2. The number of hydrogen-bond donors (Lipinski definition) is 1. The number of hydrogen-bond acceptors (Lipinski definition) is 2. The van der Waals surface area contributed by atoms with E-state index in [1.54, 1.807) is 0 Å². The Morgan fingerprint density at radius 2 is 2.30 bits per heavy atom.